The second-order valence-corrected chi connectivity index (χ2v) is 4.76. The Kier molecular flexibility index (Phi) is 4.11. The minimum atomic E-state index is -0.551. The molecular formula is C11H23N3O. The molecule has 0 heterocycles. The molecule has 0 spiro atoms. The molecule has 1 rings (SSSR count). The predicted molar refractivity (Wildman–Crippen MR) is 61.5 cm³/mol. The summed E-state index contributed by atoms with van der Waals surface area (Å²) in [5.41, 5.74) is 4.80. The van der Waals surface area contributed by atoms with Crippen LogP contribution in [0, 0.1) is 0 Å². The summed E-state index contributed by atoms with van der Waals surface area (Å²) in [6.45, 7) is 2.92. The molecule has 1 saturated carbocycles. The quantitative estimate of drug-likeness (QED) is 0.640. The van der Waals surface area contributed by atoms with E-state index in [2.05, 4.69) is 17.3 Å². The van der Waals surface area contributed by atoms with Gasteiger partial charge in [0.1, 0.15) is 0 Å². The van der Waals surface area contributed by atoms with E-state index in [1.807, 2.05) is 6.92 Å². The van der Waals surface area contributed by atoms with Crippen molar-refractivity contribution in [3.05, 3.63) is 0 Å². The van der Waals surface area contributed by atoms with Gasteiger partial charge in [-0.2, -0.15) is 0 Å². The molecule has 4 heteroatoms. The van der Waals surface area contributed by atoms with Gasteiger partial charge in [0.05, 0.1) is 5.54 Å². The van der Waals surface area contributed by atoms with Crippen LogP contribution in [0.1, 0.15) is 32.6 Å². The molecule has 88 valence electrons. The van der Waals surface area contributed by atoms with Crippen LogP contribution in [-0.2, 0) is 4.79 Å². The van der Waals surface area contributed by atoms with Crippen molar-refractivity contribution in [3.8, 4) is 0 Å². The van der Waals surface area contributed by atoms with Crippen LogP contribution in [0.3, 0.4) is 0 Å². The molecule has 1 aliphatic rings. The average Bonchev–Trinajstić information content (AvgIpc) is 3.00. The molecule has 0 aromatic heterocycles. The van der Waals surface area contributed by atoms with Crippen molar-refractivity contribution in [3.63, 3.8) is 0 Å². The predicted octanol–water partition coefficient (Wildman–Crippen LogP) is 0.324. The monoisotopic (exact) mass is 213 g/mol. The van der Waals surface area contributed by atoms with E-state index >= 15 is 0 Å². The lowest BCUT2D eigenvalue weighted by atomic mass is 9.95. The number of hydrogen-bond acceptors (Lipinski definition) is 3. The molecule has 1 unspecified atom stereocenters. The third kappa shape index (κ3) is 3.47. The molecule has 0 bridgehead atoms. The van der Waals surface area contributed by atoms with Crippen molar-refractivity contribution in [2.24, 2.45) is 5.73 Å². The smallest absolute Gasteiger partial charge is 0.237 e. The molecule has 4 nitrogen and oxygen atoms in total. The van der Waals surface area contributed by atoms with E-state index in [1.165, 1.54) is 12.8 Å². The Morgan fingerprint density at radius 1 is 1.60 bits per heavy atom. The number of nitrogens with one attached hydrogen (secondary N) is 1. The van der Waals surface area contributed by atoms with Crippen LogP contribution < -0.4 is 11.1 Å². The molecule has 1 amide bonds. The number of nitrogens with two attached hydrogens (primary N) is 1. The van der Waals surface area contributed by atoms with Gasteiger partial charge in [0.25, 0.3) is 0 Å². The van der Waals surface area contributed by atoms with Crippen LogP contribution in [0.4, 0.5) is 0 Å². The third-order valence-corrected chi connectivity index (χ3v) is 3.45. The van der Waals surface area contributed by atoms with Gasteiger partial charge in [0.2, 0.25) is 5.91 Å². The minimum absolute atomic E-state index is 0.265. The summed E-state index contributed by atoms with van der Waals surface area (Å²) in [4.78, 5) is 13.6. The maximum absolute atomic E-state index is 11.2. The Balaban J connectivity index is 2.24. The van der Waals surface area contributed by atoms with Crippen molar-refractivity contribution in [1.29, 1.82) is 0 Å². The number of amides is 1. The maximum atomic E-state index is 11.2. The van der Waals surface area contributed by atoms with E-state index in [0.29, 0.717) is 0 Å². The van der Waals surface area contributed by atoms with E-state index < -0.39 is 5.54 Å². The highest BCUT2D eigenvalue weighted by atomic mass is 16.1. The summed E-state index contributed by atoms with van der Waals surface area (Å²) in [6, 6.07) is 0.791. The van der Waals surface area contributed by atoms with Gasteiger partial charge in [0.15, 0.2) is 0 Å². The Morgan fingerprint density at radius 3 is 2.60 bits per heavy atom. The molecule has 15 heavy (non-hydrogen) atoms. The minimum Gasteiger partial charge on any atom is -0.368 e. The number of carbonyl (C=O) groups excluding carboxylic acids is 1. The first-order chi connectivity index (χ1) is 6.99. The van der Waals surface area contributed by atoms with Crippen molar-refractivity contribution in [2.75, 3.05) is 20.6 Å². The van der Waals surface area contributed by atoms with Gasteiger partial charge in [-0.3, -0.25) is 4.79 Å². The SMILES string of the molecule is CNC(C)(CCCN(C)C1CC1)C(N)=O. The normalized spacial score (nSPS) is 20.3. The highest BCUT2D eigenvalue weighted by molar-refractivity contribution is 5.84. The standard InChI is InChI=1S/C11H23N3O/c1-11(13-2,10(12)15)7-4-8-14(3)9-5-6-9/h9,13H,4-8H2,1-3H3,(H2,12,15). The Bertz CT molecular complexity index is 228. The number of primary amides is 1. The molecule has 1 atom stereocenters. The summed E-state index contributed by atoms with van der Waals surface area (Å²) < 4.78 is 0. The largest absolute Gasteiger partial charge is 0.368 e. The highest BCUT2D eigenvalue weighted by Crippen LogP contribution is 2.25. The van der Waals surface area contributed by atoms with Crippen LogP contribution >= 0.6 is 0 Å². The Labute approximate surface area is 92.2 Å². The molecule has 3 N–H and O–H groups in total. The van der Waals surface area contributed by atoms with Gasteiger partial charge in [-0.1, -0.05) is 0 Å². The number of hydrogen-bond donors (Lipinski definition) is 2. The van der Waals surface area contributed by atoms with Gasteiger partial charge in [-0.25, -0.2) is 0 Å². The van der Waals surface area contributed by atoms with E-state index in [1.54, 1.807) is 7.05 Å². The van der Waals surface area contributed by atoms with Crippen LogP contribution in [0.5, 0.6) is 0 Å². The first-order valence-electron chi connectivity index (χ1n) is 5.68. The molecule has 0 radical (unpaired) electrons. The van der Waals surface area contributed by atoms with E-state index in [-0.39, 0.29) is 5.91 Å². The molecule has 1 aliphatic carbocycles. The van der Waals surface area contributed by atoms with E-state index in [9.17, 15) is 4.79 Å². The molecule has 1 fully saturated rings. The lowest BCUT2D eigenvalue weighted by Crippen LogP contribution is -2.51. The highest BCUT2D eigenvalue weighted by Gasteiger charge is 2.30. The number of rotatable bonds is 7. The van der Waals surface area contributed by atoms with Gasteiger partial charge in [-0.05, 0) is 53.2 Å². The number of nitrogens with zero attached hydrogens (tertiary/aromatic N) is 1. The second-order valence-electron chi connectivity index (χ2n) is 4.76. The van der Waals surface area contributed by atoms with Crippen molar-refractivity contribution in [1.82, 2.24) is 10.2 Å². The molecule has 0 aromatic rings. The first kappa shape index (κ1) is 12.5. The van der Waals surface area contributed by atoms with Gasteiger partial charge in [-0.15, -0.1) is 0 Å². The third-order valence-electron chi connectivity index (χ3n) is 3.45. The lowest BCUT2D eigenvalue weighted by Gasteiger charge is -2.26. The molecule has 0 aliphatic heterocycles. The van der Waals surface area contributed by atoms with Crippen LogP contribution in [0.15, 0.2) is 0 Å². The van der Waals surface area contributed by atoms with Crippen molar-refractivity contribution < 1.29 is 4.79 Å². The Hall–Kier alpha value is -0.610. The van der Waals surface area contributed by atoms with Crippen LogP contribution in [-0.4, -0.2) is 43.0 Å². The molecule has 0 aromatic carbocycles. The fourth-order valence-electron chi connectivity index (χ4n) is 1.75. The van der Waals surface area contributed by atoms with Crippen molar-refractivity contribution >= 4 is 5.91 Å². The lowest BCUT2D eigenvalue weighted by molar-refractivity contribution is -0.123. The second kappa shape index (κ2) is 4.94. The van der Waals surface area contributed by atoms with Crippen LogP contribution in [0.2, 0.25) is 0 Å². The molecule has 0 saturated heterocycles. The van der Waals surface area contributed by atoms with Gasteiger partial charge >= 0.3 is 0 Å². The zero-order chi connectivity index (χ0) is 11.5. The van der Waals surface area contributed by atoms with Gasteiger partial charge < -0.3 is 16.0 Å². The Morgan fingerprint density at radius 2 is 2.20 bits per heavy atom. The van der Waals surface area contributed by atoms with E-state index in [4.69, 9.17) is 5.73 Å². The first-order valence-corrected chi connectivity index (χ1v) is 5.68. The summed E-state index contributed by atoms with van der Waals surface area (Å²) in [5.74, 6) is -0.265. The van der Waals surface area contributed by atoms with Gasteiger partial charge in [0, 0.05) is 6.04 Å². The fourth-order valence-corrected chi connectivity index (χ4v) is 1.75. The zero-order valence-corrected chi connectivity index (χ0v) is 10.0. The van der Waals surface area contributed by atoms with E-state index in [0.717, 1.165) is 25.4 Å². The number of likely N-dealkylation sites (N-methyl/N-ethyl adjacent to an activating group) is 1. The molecular weight excluding hydrogens is 190 g/mol. The summed E-state index contributed by atoms with van der Waals surface area (Å²) in [6.07, 6.45) is 4.47. The maximum Gasteiger partial charge on any atom is 0.237 e. The summed E-state index contributed by atoms with van der Waals surface area (Å²) in [7, 11) is 3.94. The summed E-state index contributed by atoms with van der Waals surface area (Å²) in [5, 5.41) is 3.00. The average molecular weight is 213 g/mol. The number of carbonyl (C=O) groups is 1. The fraction of sp³-hybridized carbons (Fsp3) is 0.909. The zero-order valence-electron chi connectivity index (χ0n) is 10.0. The summed E-state index contributed by atoms with van der Waals surface area (Å²) >= 11 is 0. The van der Waals surface area contributed by atoms with Crippen molar-refractivity contribution in [2.45, 2.75) is 44.2 Å². The van der Waals surface area contributed by atoms with Crippen LogP contribution in [0.25, 0.3) is 0 Å². The topological polar surface area (TPSA) is 58.4 Å².